The van der Waals surface area contributed by atoms with Gasteiger partial charge in [-0.1, -0.05) is 56.9 Å². The van der Waals surface area contributed by atoms with Crippen LogP contribution in [0.25, 0.3) is 0 Å². The number of aryl methyl sites for hydroxylation is 1. The monoisotopic (exact) mass is 463 g/mol. The molecule has 0 saturated heterocycles. The van der Waals surface area contributed by atoms with E-state index in [1.165, 1.54) is 19.3 Å². The van der Waals surface area contributed by atoms with Crippen LogP contribution in [0.3, 0.4) is 0 Å². The maximum atomic E-state index is 13.0. The Hall–Kier alpha value is -3.02. The maximum absolute atomic E-state index is 13.0. The Morgan fingerprint density at radius 2 is 1.74 bits per heavy atom. The second-order valence-corrected chi connectivity index (χ2v) is 10.3. The summed E-state index contributed by atoms with van der Waals surface area (Å²) in [4.78, 5) is 26.9. The summed E-state index contributed by atoms with van der Waals surface area (Å²) in [5.74, 6) is -0.578. The number of urea groups is 1. The molecular weight excluding hydrogens is 426 g/mol. The zero-order valence-corrected chi connectivity index (χ0v) is 20.5. The summed E-state index contributed by atoms with van der Waals surface area (Å²) >= 11 is 0. The maximum Gasteiger partial charge on any atom is 0.323 e. The largest absolute Gasteiger partial charge is 0.481 e. The second-order valence-electron chi connectivity index (χ2n) is 10.3. The molecule has 2 aromatic carbocycles. The smallest absolute Gasteiger partial charge is 0.323 e. The zero-order valence-electron chi connectivity index (χ0n) is 20.5. The van der Waals surface area contributed by atoms with Crippen molar-refractivity contribution in [1.82, 2.24) is 0 Å². The van der Waals surface area contributed by atoms with Crippen molar-refractivity contribution in [3.05, 3.63) is 53.6 Å². The molecule has 6 heteroatoms. The van der Waals surface area contributed by atoms with E-state index in [0.29, 0.717) is 18.4 Å². The molecule has 2 saturated carbocycles. The van der Waals surface area contributed by atoms with Gasteiger partial charge in [0.05, 0.1) is 17.3 Å². The van der Waals surface area contributed by atoms with E-state index >= 15 is 0 Å². The third-order valence-electron chi connectivity index (χ3n) is 7.00. The molecule has 0 heterocycles. The van der Waals surface area contributed by atoms with E-state index in [2.05, 4.69) is 41.5 Å². The molecule has 0 unspecified atom stereocenters. The van der Waals surface area contributed by atoms with Crippen molar-refractivity contribution in [2.24, 2.45) is 11.8 Å². The highest BCUT2D eigenvalue weighted by Gasteiger charge is 2.44. The molecule has 2 aliphatic rings. The molecule has 4 rings (SSSR count). The van der Waals surface area contributed by atoms with E-state index in [0.717, 1.165) is 47.6 Å². The molecular formula is C28H37N3O3. The van der Waals surface area contributed by atoms with E-state index in [1.54, 1.807) is 0 Å². The van der Waals surface area contributed by atoms with Crippen molar-refractivity contribution in [1.29, 1.82) is 0 Å². The van der Waals surface area contributed by atoms with Crippen LogP contribution in [-0.2, 0) is 4.79 Å². The molecule has 3 N–H and O–H groups in total. The third-order valence-corrected chi connectivity index (χ3v) is 7.00. The zero-order chi connectivity index (χ0) is 24.2. The van der Waals surface area contributed by atoms with E-state index in [1.807, 2.05) is 37.3 Å². The highest BCUT2D eigenvalue weighted by Crippen LogP contribution is 2.49. The minimum absolute atomic E-state index is 0.0143. The van der Waals surface area contributed by atoms with Crippen molar-refractivity contribution in [2.45, 2.75) is 71.3 Å². The van der Waals surface area contributed by atoms with Gasteiger partial charge in [-0.15, -0.1) is 0 Å². The number of rotatable bonds is 8. The molecule has 0 radical (unpaired) electrons. The van der Waals surface area contributed by atoms with Crippen LogP contribution < -0.4 is 15.5 Å². The highest BCUT2D eigenvalue weighted by atomic mass is 16.4. The van der Waals surface area contributed by atoms with Crippen LogP contribution in [0.1, 0.15) is 69.4 Å². The first-order valence-electron chi connectivity index (χ1n) is 12.6. The number of anilines is 3. The average molecular weight is 464 g/mol. The van der Waals surface area contributed by atoms with Gasteiger partial charge in [-0.2, -0.15) is 0 Å². The van der Waals surface area contributed by atoms with Crippen LogP contribution in [0.2, 0.25) is 0 Å². The molecule has 2 fully saturated rings. The van der Waals surface area contributed by atoms with Gasteiger partial charge in [-0.25, -0.2) is 4.79 Å². The molecule has 2 aromatic rings. The quantitative estimate of drug-likeness (QED) is 0.411. The number of hydrogen-bond acceptors (Lipinski definition) is 3. The minimum atomic E-state index is -0.746. The van der Waals surface area contributed by atoms with E-state index in [4.69, 9.17) is 0 Å². The lowest BCUT2D eigenvalue weighted by atomic mass is 9.92. The molecule has 2 aliphatic carbocycles. The number of carboxylic acids is 1. The Bertz CT molecular complexity index is 1010. The van der Waals surface area contributed by atoms with Crippen LogP contribution in [0.5, 0.6) is 0 Å². The number of nitrogens with one attached hydrogen (secondary N) is 2. The van der Waals surface area contributed by atoms with Crippen molar-refractivity contribution in [3.63, 3.8) is 0 Å². The number of carbonyl (C=O) groups is 2. The molecule has 0 spiro atoms. The van der Waals surface area contributed by atoms with Gasteiger partial charge < -0.3 is 20.6 Å². The molecule has 0 aromatic heterocycles. The van der Waals surface area contributed by atoms with Crippen molar-refractivity contribution in [3.8, 4) is 0 Å². The van der Waals surface area contributed by atoms with Crippen LogP contribution in [0.15, 0.2) is 42.5 Å². The fourth-order valence-electron chi connectivity index (χ4n) is 5.12. The Morgan fingerprint density at radius 3 is 2.35 bits per heavy atom. The van der Waals surface area contributed by atoms with E-state index in [-0.39, 0.29) is 17.9 Å². The number of amides is 2. The first-order chi connectivity index (χ1) is 16.3. The molecule has 0 bridgehead atoms. The molecule has 6 nitrogen and oxygen atoms in total. The predicted molar refractivity (Wildman–Crippen MR) is 138 cm³/mol. The Labute approximate surface area is 202 Å². The minimum Gasteiger partial charge on any atom is -0.481 e. The Morgan fingerprint density at radius 1 is 1.03 bits per heavy atom. The summed E-state index contributed by atoms with van der Waals surface area (Å²) in [6, 6.07) is 14.0. The Balaban J connectivity index is 1.63. The van der Waals surface area contributed by atoms with Gasteiger partial charge in [0.1, 0.15) is 0 Å². The standard InChI is InChI=1S/C28H37N3O3/c1-18(2)17-31(22-7-5-4-6-8-22)26-14-11-20(23-16-24(23)27(32)33)15-25(26)30-28(34)29-21-12-9-19(3)10-13-21/h9-15,18,22-24H,4-8,16-17H2,1-3H3,(H,32,33)(H2,29,30,34)/t23-,24-/m1/s1. The highest BCUT2D eigenvalue weighted by molar-refractivity contribution is 6.02. The lowest BCUT2D eigenvalue weighted by molar-refractivity contribution is -0.138. The predicted octanol–water partition coefficient (Wildman–Crippen LogP) is 6.62. The molecule has 0 aliphatic heterocycles. The molecule has 2 atom stereocenters. The normalized spacial score (nSPS) is 20.1. The van der Waals surface area contributed by atoms with Gasteiger partial charge in [0, 0.05) is 18.3 Å². The summed E-state index contributed by atoms with van der Waals surface area (Å²) in [5, 5.41) is 15.4. The van der Waals surface area contributed by atoms with Crippen LogP contribution >= 0.6 is 0 Å². The lowest BCUT2D eigenvalue weighted by Crippen LogP contribution is -2.40. The fourth-order valence-corrected chi connectivity index (χ4v) is 5.12. The van der Waals surface area contributed by atoms with Crippen molar-refractivity contribution >= 4 is 29.1 Å². The number of hydrogen-bond donors (Lipinski definition) is 3. The first-order valence-corrected chi connectivity index (χ1v) is 12.6. The number of nitrogens with zero attached hydrogens (tertiary/aromatic N) is 1. The van der Waals surface area contributed by atoms with Crippen molar-refractivity contribution in [2.75, 3.05) is 22.1 Å². The number of aliphatic carboxylic acids is 1. The lowest BCUT2D eigenvalue weighted by Gasteiger charge is -2.38. The van der Waals surface area contributed by atoms with E-state index in [9.17, 15) is 14.7 Å². The first kappa shape index (κ1) is 24.1. The molecule has 182 valence electrons. The summed E-state index contributed by atoms with van der Waals surface area (Å²) < 4.78 is 0. The average Bonchev–Trinajstić information content (AvgIpc) is 3.61. The van der Waals surface area contributed by atoms with Gasteiger partial charge in [0.15, 0.2) is 0 Å². The van der Waals surface area contributed by atoms with Crippen LogP contribution in [0.4, 0.5) is 21.9 Å². The van der Waals surface area contributed by atoms with Gasteiger partial charge in [-0.3, -0.25) is 4.79 Å². The summed E-state index contributed by atoms with van der Waals surface area (Å²) in [7, 11) is 0. The topological polar surface area (TPSA) is 81.7 Å². The van der Waals surface area contributed by atoms with Crippen molar-refractivity contribution < 1.29 is 14.7 Å². The fraction of sp³-hybridized carbons (Fsp3) is 0.500. The second kappa shape index (κ2) is 10.5. The summed E-state index contributed by atoms with van der Waals surface area (Å²) in [5.41, 5.74) is 4.63. The number of carboxylic acid groups (broad SMARTS) is 1. The third kappa shape index (κ3) is 5.91. The SMILES string of the molecule is Cc1ccc(NC(=O)Nc2cc([C@H]3C[C@H]3C(=O)O)ccc2N(CC(C)C)C2CCCCC2)cc1. The molecule has 34 heavy (non-hydrogen) atoms. The van der Waals surface area contributed by atoms with E-state index < -0.39 is 5.97 Å². The van der Waals surface area contributed by atoms with Gasteiger partial charge >= 0.3 is 12.0 Å². The summed E-state index contributed by atoms with van der Waals surface area (Å²) in [6.07, 6.45) is 6.72. The van der Waals surface area contributed by atoms with Gasteiger partial charge in [0.2, 0.25) is 0 Å². The van der Waals surface area contributed by atoms with Gasteiger partial charge in [0.25, 0.3) is 0 Å². The number of benzene rings is 2. The summed E-state index contributed by atoms with van der Waals surface area (Å²) in [6.45, 7) is 7.38. The van der Waals surface area contributed by atoms with Crippen LogP contribution in [0, 0.1) is 18.8 Å². The van der Waals surface area contributed by atoms with Crippen LogP contribution in [-0.4, -0.2) is 29.7 Å². The van der Waals surface area contributed by atoms with Gasteiger partial charge in [-0.05, 0) is 67.9 Å². The number of carbonyl (C=O) groups excluding carboxylic acids is 1. The Kier molecular flexibility index (Phi) is 7.44. The molecule has 2 amide bonds.